The highest BCUT2D eigenvalue weighted by atomic mass is 32.1. The van der Waals surface area contributed by atoms with Gasteiger partial charge in [-0.1, -0.05) is 12.2 Å². The number of imidazole rings is 1. The zero-order valence-corrected chi connectivity index (χ0v) is 13.1. The second-order valence-electron chi connectivity index (χ2n) is 4.89. The van der Waals surface area contributed by atoms with Crippen LogP contribution in [0.1, 0.15) is 6.23 Å². The Morgan fingerprint density at radius 2 is 2.13 bits per heavy atom. The van der Waals surface area contributed by atoms with E-state index in [1.165, 1.54) is 17.2 Å². The molecule has 1 aliphatic heterocycles. The van der Waals surface area contributed by atoms with Gasteiger partial charge in [0.15, 0.2) is 10.9 Å². The van der Waals surface area contributed by atoms with Gasteiger partial charge in [0.1, 0.15) is 29.5 Å². The number of aromatic amines is 1. The van der Waals surface area contributed by atoms with Crippen LogP contribution in [0.3, 0.4) is 0 Å². The summed E-state index contributed by atoms with van der Waals surface area (Å²) < 4.78 is 22.2. The van der Waals surface area contributed by atoms with Gasteiger partial charge in [0.25, 0.3) is 0 Å². The van der Waals surface area contributed by atoms with Crippen molar-refractivity contribution in [2.45, 2.75) is 24.5 Å². The minimum Gasteiger partial charge on any atom is -0.387 e. The molecule has 13 heteroatoms. The largest absolute Gasteiger partial charge is 0.469 e. The van der Waals surface area contributed by atoms with E-state index in [2.05, 4.69) is 19.5 Å². The molecular formula is C10H13N4O7PS. The fraction of sp³-hybridized carbons (Fsp3) is 0.500. The Kier molecular flexibility index (Phi) is 4.33. The van der Waals surface area contributed by atoms with Crippen LogP contribution in [-0.4, -0.2) is 64.4 Å². The molecule has 0 bridgehead atoms. The van der Waals surface area contributed by atoms with E-state index in [0.717, 1.165) is 0 Å². The lowest BCUT2D eigenvalue weighted by molar-refractivity contribution is -0.0504. The summed E-state index contributed by atoms with van der Waals surface area (Å²) in [5.74, 6) is 0. The van der Waals surface area contributed by atoms with Crippen molar-refractivity contribution in [2.24, 2.45) is 0 Å². The van der Waals surface area contributed by atoms with Crippen molar-refractivity contribution in [3.8, 4) is 0 Å². The third-order valence-electron chi connectivity index (χ3n) is 3.40. The molecule has 3 heterocycles. The molecule has 23 heavy (non-hydrogen) atoms. The van der Waals surface area contributed by atoms with Crippen molar-refractivity contribution in [2.75, 3.05) is 6.61 Å². The van der Waals surface area contributed by atoms with Crippen LogP contribution >= 0.6 is 20.0 Å². The van der Waals surface area contributed by atoms with Gasteiger partial charge < -0.3 is 29.7 Å². The minimum absolute atomic E-state index is 0.256. The molecule has 2 aromatic rings. The van der Waals surface area contributed by atoms with Crippen molar-refractivity contribution in [3.05, 3.63) is 17.3 Å². The summed E-state index contributed by atoms with van der Waals surface area (Å²) in [4.78, 5) is 28.2. The standard InChI is InChI=1S/C10H13N4O7PS/c15-6-4(1-20-22(17,18)19)21-10(7(6)16)14-3-13-5-8(14)11-2-12-9(5)23/h2-4,6-7,10,15-16H,1H2,(H,11,12,23)(H2,17,18,19)/t4-,6+,7+,10-/m0/s1. The first-order valence-corrected chi connectivity index (χ1v) is 8.33. The Morgan fingerprint density at radius 3 is 2.83 bits per heavy atom. The first-order chi connectivity index (χ1) is 10.8. The molecule has 5 N–H and O–H groups in total. The lowest BCUT2D eigenvalue weighted by atomic mass is 10.1. The lowest BCUT2D eigenvalue weighted by Crippen LogP contribution is -2.33. The molecule has 0 unspecified atom stereocenters. The van der Waals surface area contributed by atoms with E-state index < -0.39 is 39.0 Å². The smallest absolute Gasteiger partial charge is 0.387 e. The average Bonchev–Trinajstić information content (AvgIpc) is 3.01. The van der Waals surface area contributed by atoms with Gasteiger partial charge in [-0.25, -0.2) is 14.5 Å². The summed E-state index contributed by atoms with van der Waals surface area (Å²) in [5.41, 5.74) is 0.820. The number of phosphoric ester groups is 1. The fourth-order valence-corrected chi connectivity index (χ4v) is 2.88. The van der Waals surface area contributed by atoms with E-state index in [-0.39, 0.29) is 4.64 Å². The van der Waals surface area contributed by atoms with Crippen LogP contribution in [0.2, 0.25) is 0 Å². The molecule has 1 saturated heterocycles. The maximum atomic E-state index is 10.7. The molecule has 126 valence electrons. The Bertz CT molecular complexity index is 819. The van der Waals surface area contributed by atoms with Gasteiger partial charge >= 0.3 is 7.82 Å². The van der Waals surface area contributed by atoms with Crippen LogP contribution in [0.5, 0.6) is 0 Å². The van der Waals surface area contributed by atoms with E-state index in [9.17, 15) is 14.8 Å². The van der Waals surface area contributed by atoms with E-state index in [1.54, 1.807) is 0 Å². The summed E-state index contributed by atoms with van der Waals surface area (Å²) in [6, 6.07) is 0. The maximum absolute atomic E-state index is 10.7. The molecule has 0 aliphatic carbocycles. The second kappa shape index (κ2) is 6.00. The van der Waals surface area contributed by atoms with Crippen LogP contribution in [0.15, 0.2) is 12.7 Å². The topological polar surface area (TPSA) is 163 Å². The summed E-state index contributed by atoms with van der Waals surface area (Å²) in [5, 5.41) is 20.1. The SMILES string of the molecule is O=P(O)(O)OC[C@@H]1O[C@H](n2cnc3c(=S)nc[nH]c32)[C@H](O)[C@@H]1O. The zero-order valence-electron chi connectivity index (χ0n) is 11.4. The monoisotopic (exact) mass is 364 g/mol. The summed E-state index contributed by atoms with van der Waals surface area (Å²) in [6.45, 7) is -0.580. The molecule has 2 aromatic heterocycles. The third-order valence-corrected chi connectivity index (χ3v) is 4.18. The number of aliphatic hydroxyl groups is 2. The minimum atomic E-state index is -4.71. The van der Waals surface area contributed by atoms with Crippen molar-refractivity contribution < 1.29 is 33.8 Å². The van der Waals surface area contributed by atoms with Crippen molar-refractivity contribution in [1.82, 2.24) is 19.5 Å². The molecule has 4 atom stereocenters. The number of nitrogens with one attached hydrogen (secondary N) is 1. The van der Waals surface area contributed by atoms with Crippen molar-refractivity contribution in [1.29, 1.82) is 0 Å². The summed E-state index contributed by atoms with van der Waals surface area (Å²) in [6.07, 6.45) is -2.19. The number of rotatable bonds is 4. The van der Waals surface area contributed by atoms with Gasteiger partial charge in [-0.15, -0.1) is 0 Å². The molecular weight excluding hydrogens is 351 g/mol. The molecule has 11 nitrogen and oxygen atoms in total. The van der Waals surface area contributed by atoms with Gasteiger partial charge in [0, 0.05) is 0 Å². The number of fused-ring (bicyclic) bond motifs is 1. The zero-order chi connectivity index (χ0) is 16.8. The lowest BCUT2D eigenvalue weighted by Gasteiger charge is -2.16. The van der Waals surface area contributed by atoms with Gasteiger partial charge in [-0.3, -0.25) is 9.09 Å². The highest BCUT2D eigenvalue weighted by Gasteiger charge is 2.45. The second-order valence-corrected chi connectivity index (χ2v) is 6.52. The molecule has 0 amide bonds. The summed E-state index contributed by atoms with van der Waals surface area (Å²) in [7, 11) is -4.71. The first-order valence-electron chi connectivity index (χ1n) is 6.40. The molecule has 1 aliphatic rings. The van der Waals surface area contributed by atoms with E-state index in [4.69, 9.17) is 26.7 Å². The average molecular weight is 364 g/mol. The van der Waals surface area contributed by atoms with Crippen LogP contribution in [0.25, 0.3) is 11.2 Å². The van der Waals surface area contributed by atoms with Gasteiger partial charge in [-0.05, 0) is 0 Å². The Morgan fingerprint density at radius 1 is 1.39 bits per heavy atom. The highest BCUT2D eigenvalue weighted by molar-refractivity contribution is 7.71. The Balaban J connectivity index is 1.87. The molecule has 0 saturated carbocycles. The number of phosphoric acid groups is 1. The van der Waals surface area contributed by atoms with Crippen molar-refractivity contribution >= 4 is 31.2 Å². The number of hydrogen-bond donors (Lipinski definition) is 5. The molecule has 0 aromatic carbocycles. The van der Waals surface area contributed by atoms with E-state index in [1.807, 2.05) is 0 Å². The Labute approximate surface area is 133 Å². The predicted molar refractivity (Wildman–Crippen MR) is 76.6 cm³/mol. The maximum Gasteiger partial charge on any atom is 0.469 e. The van der Waals surface area contributed by atoms with Crippen LogP contribution in [0, 0.1) is 4.64 Å². The van der Waals surface area contributed by atoms with Crippen molar-refractivity contribution in [3.63, 3.8) is 0 Å². The number of hydrogen-bond acceptors (Lipinski definition) is 8. The first kappa shape index (κ1) is 16.6. The van der Waals surface area contributed by atoms with Crippen LogP contribution < -0.4 is 0 Å². The van der Waals surface area contributed by atoms with Gasteiger partial charge in [-0.2, -0.15) is 0 Å². The number of H-pyrrole nitrogens is 1. The normalized spacial score (nSPS) is 28.5. The van der Waals surface area contributed by atoms with Gasteiger partial charge in [0.05, 0.1) is 19.3 Å². The molecule has 1 fully saturated rings. The quantitative estimate of drug-likeness (QED) is 0.343. The van der Waals surface area contributed by atoms with E-state index >= 15 is 0 Å². The van der Waals surface area contributed by atoms with E-state index in [0.29, 0.717) is 11.2 Å². The molecule has 0 radical (unpaired) electrons. The molecule has 0 spiro atoms. The fourth-order valence-electron chi connectivity index (χ4n) is 2.33. The van der Waals surface area contributed by atoms with Gasteiger partial charge in [0.2, 0.25) is 0 Å². The predicted octanol–water partition coefficient (Wildman–Crippen LogP) is -0.783. The molecule has 3 rings (SSSR count). The number of aliphatic hydroxyl groups excluding tert-OH is 2. The number of ether oxygens (including phenoxy) is 1. The highest BCUT2D eigenvalue weighted by Crippen LogP contribution is 2.38. The van der Waals surface area contributed by atoms with Crippen LogP contribution in [0.4, 0.5) is 0 Å². The van der Waals surface area contributed by atoms with Crippen LogP contribution in [-0.2, 0) is 13.8 Å². The third kappa shape index (κ3) is 3.20. The number of aromatic nitrogens is 4. The Hall–Kier alpha value is -1.24. The summed E-state index contributed by atoms with van der Waals surface area (Å²) >= 11 is 5.03. The number of nitrogens with zero attached hydrogens (tertiary/aromatic N) is 3.